The molecule has 0 aromatic heterocycles. The lowest BCUT2D eigenvalue weighted by Gasteiger charge is -2.16. The second-order valence-corrected chi connectivity index (χ2v) is 6.13. The predicted octanol–water partition coefficient (Wildman–Crippen LogP) is 1.63. The molecule has 0 aliphatic heterocycles. The third kappa shape index (κ3) is 7.76. The van der Waals surface area contributed by atoms with Crippen molar-refractivity contribution in [1.82, 2.24) is 10.2 Å². The number of aryl methyl sites for hydroxylation is 2. The minimum Gasteiger partial charge on any atom is -0.480 e. The molecule has 0 heterocycles. The molecule has 0 spiro atoms. The first-order valence-corrected chi connectivity index (χ1v) is 7.77. The Bertz CT molecular complexity index is 524. The number of hydrogen-bond donors (Lipinski definition) is 3. The zero-order valence-electron chi connectivity index (χ0n) is 14.3. The zero-order valence-corrected chi connectivity index (χ0v) is 14.3. The number of carbonyl (C=O) groups is 2. The Kier molecular flexibility index (Phi) is 7.71. The molecule has 1 rings (SSSR count). The molecule has 6 heteroatoms. The van der Waals surface area contributed by atoms with E-state index in [1.165, 1.54) is 0 Å². The molecule has 0 aliphatic rings. The summed E-state index contributed by atoms with van der Waals surface area (Å²) in [6.45, 7) is 5.34. The van der Waals surface area contributed by atoms with Gasteiger partial charge in [0.2, 0.25) is 5.91 Å². The van der Waals surface area contributed by atoms with E-state index in [1.54, 1.807) is 0 Å². The molecule has 6 nitrogen and oxygen atoms in total. The van der Waals surface area contributed by atoms with Gasteiger partial charge in [0.15, 0.2) is 0 Å². The largest absolute Gasteiger partial charge is 0.480 e. The summed E-state index contributed by atoms with van der Waals surface area (Å²) >= 11 is 0. The molecule has 23 heavy (non-hydrogen) atoms. The first kappa shape index (κ1) is 19.1. The molecule has 1 aromatic carbocycles. The van der Waals surface area contributed by atoms with Crippen LogP contribution in [0.1, 0.15) is 24.0 Å². The van der Waals surface area contributed by atoms with Crippen molar-refractivity contribution in [2.24, 2.45) is 0 Å². The number of aliphatic carboxylic acids is 1. The lowest BCUT2D eigenvalue weighted by Crippen LogP contribution is -2.40. The first-order chi connectivity index (χ1) is 10.8. The number of carbonyl (C=O) groups excluding carboxylic acids is 1. The minimum atomic E-state index is -1.01. The van der Waals surface area contributed by atoms with Crippen molar-refractivity contribution >= 4 is 17.6 Å². The van der Waals surface area contributed by atoms with Crippen molar-refractivity contribution in [1.29, 1.82) is 0 Å². The van der Waals surface area contributed by atoms with Crippen molar-refractivity contribution in [2.75, 3.05) is 32.5 Å². The van der Waals surface area contributed by atoms with Crippen LogP contribution in [0, 0.1) is 13.8 Å². The zero-order chi connectivity index (χ0) is 17.4. The molecule has 0 fully saturated rings. The molecule has 0 unspecified atom stereocenters. The highest BCUT2D eigenvalue weighted by Crippen LogP contribution is 2.14. The van der Waals surface area contributed by atoms with E-state index in [0.29, 0.717) is 12.2 Å². The lowest BCUT2D eigenvalue weighted by molar-refractivity contribution is -0.141. The maximum absolute atomic E-state index is 12.1. The van der Waals surface area contributed by atoms with Crippen LogP contribution in [0.15, 0.2) is 18.2 Å². The average Bonchev–Trinajstić information content (AvgIpc) is 2.40. The van der Waals surface area contributed by atoms with E-state index in [-0.39, 0.29) is 12.3 Å². The van der Waals surface area contributed by atoms with E-state index in [1.807, 2.05) is 51.0 Å². The predicted molar refractivity (Wildman–Crippen MR) is 91.8 cm³/mol. The molecule has 3 N–H and O–H groups in total. The summed E-state index contributed by atoms with van der Waals surface area (Å²) in [6, 6.07) is 4.88. The Morgan fingerprint density at radius 1 is 1.17 bits per heavy atom. The molecule has 0 bridgehead atoms. The van der Waals surface area contributed by atoms with Gasteiger partial charge in [-0.1, -0.05) is 6.07 Å². The van der Waals surface area contributed by atoms with Crippen LogP contribution in [0.3, 0.4) is 0 Å². The summed E-state index contributed by atoms with van der Waals surface area (Å²) in [5.41, 5.74) is 2.80. The SMILES string of the molecule is Cc1cc(C)cc(NC(=O)C[C@@H](NCCCN(C)C)C(=O)O)c1. The van der Waals surface area contributed by atoms with Gasteiger partial charge in [0, 0.05) is 5.69 Å². The number of anilines is 1. The molecule has 0 radical (unpaired) electrons. The topological polar surface area (TPSA) is 81.7 Å². The molecule has 1 amide bonds. The van der Waals surface area contributed by atoms with Crippen molar-refractivity contribution < 1.29 is 14.7 Å². The number of carboxylic acids is 1. The van der Waals surface area contributed by atoms with Gasteiger partial charge in [-0.05, 0) is 70.7 Å². The molecule has 1 atom stereocenters. The van der Waals surface area contributed by atoms with Gasteiger partial charge in [-0.3, -0.25) is 9.59 Å². The molecular formula is C17H27N3O3. The van der Waals surface area contributed by atoms with E-state index in [2.05, 4.69) is 10.6 Å². The van der Waals surface area contributed by atoms with Gasteiger partial charge in [-0.25, -0.2) is 0 Å². The number of benzene rings is 1. The summed E-state index contributed by atoms with van der Waals surface area (Å²) in [6.07, 6.45) is 0.736. The number of carboxylic acid groups (broad SMARTS) is 1. The number of nitrogens with one attached hydrogen (secondary N) is 2. The highest BCUT2D eigenvalue weighted by molar-refractivity contribution is 5.94. The first-order valence-electron chi connectivity index (χ1n) is 7.77. The van der Waals surface area contributed by atoms with Gasteiger partial charge in [0.05, 0.1) is 6.42 Å². The lowest BCUT2D eigenvalue weighted by atomic mass is 10.1. The molecule has 0 saturated heterocycles. The van der Waals surface area contributed by atoms with Crippen LogP contribution in [0.4, 0.5) is 5.69 Å². The van der Waals surface area contributed by atoms with Crippen LogP contribution in [0.25, 0.3) is 0 Å². The van der Waals surface area contributed by atoms with Crippen molar-refractivity contribution in [2.45, 2.75) is 32.7 Å². The van der Waals surface area contributed by atoms with Crippen LogP contribution in [-0.2, 0) is 9.59 Å². The Morgan fingerprint density at radius 2 is 1.78 bits per heavy atom. The van der Waals surface area contributed by atoms with Crippen LogP contribution in [-0.4, -0.2) is 55.1 Å². The van der Waals surface area contributed by atoms with Crippen LogP contribution < -0.4 is 10.6 Å². The third-order valence-corrected chi connectivity index (χ3v) is 3.37. The molecular weight excluding hydrogens is 294 g/mol. The smallest absolute Gasteiger partial charge is 0.321 e. The number of amides is 1. The van der Waals surface area contributed by atoms with Crippen LogP contribution in [0.2, 0.25) is 0 Å². The Morgan fingerprint density at radius 3 is 2.30 bits per heavy atom. The van der Waals surface area contributed by atoms with Crippen molar-refractivity contribution in [3.63, 3.8) is 0 Å². The number of nitrogens with zero attached hydrogens (tertiary/aromatic N) is 1. The van der Waals surface area contributed by atoms with Crippen molar-refractivity contribution in [3.8, 4) is 0 Å². The highest BCUT2D eigenvalue weighted by atomic mass is 16.4. The minimum absolute atomic E-state index is 0.0930. The average molecular weight is 321 g/mol. The summed E-state index contributed by atoms with van der Waals surface area (Å²) in [5.74, 6) is -1.31. The van der Waals surface area contributed by atoms with E-state index in [0.717, 1.165) is 24.1 Å². The number of hydrogen-bond acceptors (Lipinski definition) is 4. The molecule has 1 aromatic rings. The second kappa shape index (κ2) is 9.27. The fraction of sp³-hybridized carbons (Fsp3) is 0.529. The van der Waals surface area contributed by atoms with E-state index in [4.69, 9.17) is 0 Å². The standard InChI is InChI=1S/C17H27N3O3/c1-12-8-13(2)10-14(9-12)19-16(21)11-15(17(22)23)18-6-5-7-20(3)4/h8-10,15,18H,5-7,11H2,1-4H3,(H,19,21)(H,22,23)/t15-/m1/s1. The third-order valence-electron chi connectivity index (χ3n) is 3.37. The molecule has 0 saturated carbocycles. The summed E-state index contributed by atoms with van der Waals surface area (Å²) in [7, 11) is 3.93. The monoisotopic (exact) mass is 321 g/mol. The van der Waals surface area contributed by atoms with Gasteiger partial charge in [-0.15, -0.1) is 0 Å². The quantitative estimate of drug-likeness (QED) is 0.602. The number of rotatable bonds is 9. The van der Waals surface area contributed by atoms with Gasteiger partial charge >= 0.3 is 5.97 Å². The van der Waals surface area contributed by atoms with Gasteiger partial charge in [-0.2, -0.15) is 0 Å². The van der Waals surface area contributed by atoms with E-state index >= 15 is 0 Å². The Balaban J connectivity index is 2.52. The normalized spacial score (nSPS) is 12.2. The Hall–Kier alpha value is -1.92. The second-order valence-electron chi connectivity index (χ2n) is 6.13. The van der Waals surface area contributed by atoms with E-state index in [9.17, 15) is 14.7 Å². The van der Waals surface area contributed by atoms with E-state index < -0.39 is 12.0 Å². The molecule has 128 valence electrons. The maximum atomic E-state index is 12.1. The van der Waals surface area contributed by atoms with Crippen molar-refractivity contribution in [3.05, 3.63) is 29.3 Å². The summed E-state index contributed by atoms with van der Waals surface area (Å²) < 4.78 is 0. The molecule has 0 aliphatic carbocycles. The van der Waals surface area contributed by atoms with Gasteiger partial charge < -0.3 is 20.6 Å². The maximum Gasteiger partial charge on any atom is 0.321 e. The fourth-order valence-corrected chi connectivity index (χ4v) is 2.36. The van der Waals surface area contributed by atoms with Crippen LogP contribution in [0.5, 0.6) is 0 Å². The fourth-order valence-electron chi connectivity index (χ4n) is 2.36. The van der Waals surface area contributed by atoms with Gasteiger partial charge in [0.1, 0.15) is 6.04 Å². The summed E-state index contributed by atoms with van der Waals surface area (Å²) in [5, 5.41) is 14.9. The Labute approximate surface area is 137 Å². The van der Waals surface area contributed by atoms with Gasteiger partial charge in [0.25, 0.3) is 0 Å². The highest BCUT2D eigenvalue weighted by Gasteiger charge is 2.20. The van der Waals surface area contributed by atoms with Crippen LogP contribution >= 0.6 is 0 Å². The summed E-state index contributed by atoms with van der Waals surface area (Å²) in [4.78, 5) is 25.4.